The van der Waals surface area contributed by atoms with Crippen molar-refractivity contribution in [2.45, 2.75) is 0 Å². The van der Waals surface area contributed by atoms with E-state index in [2.05, 4.69) is 227 Å². The van der Waals surface area contributed by atoms with Gasteiger partial charge >= 0.3 is 0 Å². The Morgan fingerprint density at radius 1 is 0.339 bits per heavy atom. The van der Waals surface area contributed by atoms with Gasteiger partial charge in [0.1, 0.15) is 11.2 Å². The minimum atomic E-state index is 0.851. The van der Waals surface area contributed by atoms with Gasteiger partial charge in [0.05, 0.1) is 22.4 Å². The first-order valence-electron chi connectivity index (χ1n) is 19.0. The van der Waals surface area contributed by atoms with Crippen LogP contribution < -0.4 is 9.80 Å². The first-order chi connectivity index (χ1) is 27.8. The van der Waals surface area contributed by atoms with Crippen molar-refractivity contribution in [1.82, 2.24) is 4.57 Å². The smallest absolute Gasteiger partial charge is 0.137 e. The van der Waals surface area contributed by atoms with Crippen LogP contribution in [0, 0.1) is 0 Å². The molecule has 2 heterocycles. The van der Waals surface area contributed by atoms with Crippen LogP contribution in [0.5, 0.6) is 0 Å². The molecule has 0 amide bonds. The summed E-state index contributed by atoms with van der Waals surface area (Å²) >= 11 is 0. The number of nitrogens with zero attached hydrogens (tertiary/aromatic N) is 3. The molecule has 4 nitrogen and oxygen atoms in total. The van der Waals surface area contributed by atoms with E-state index in [0.29, 0.717) is 0 Å². The lowest BCUT2D eigenvalue weighted by Gasteiger charge is -2.30. The Kier molecular flexibility index (Phi) is 7.46. The van der Waals surface area contributed by atoms with Crippen LogP contribution in [0.25, 0.3) is 60.2 Å². The second-order valence-electron chi connectivity index (χ2n) is 14.2. The number of fused-ring (bicyclic) bond motifs is 7. The molecule has 11 aromatic rings. The fourth-order valence-electron chi connectivity index (χ4n) is 8.42. The Hall–Kier alpha value is -7.56. The van der Waals surface area contributed by atoms with E-state index in [1.165, 1.54) is 21.5 Å². The monoisotopic (exact) mass is 717 g/mol. The summed E-state index contributed by atoms with van der Waals surface area (Å²) in [6, 6.07) is 75.7. The van der Waals surface area contributed by atoms with Gasteiger partial charge in [-0.15, -0.1) is 0 Å². The summed E-state index contributed by atoms with van der Waals surface area (Å²) in [5, 5.41) is 6.95. The number of benzene rings is 9. The van der Waals surface area contributed by atoms with E-state index in [4.69, 9.17) is 4.42 Å². The summed E-state index contributed by atoms with van der Waals surface area (Å²) in [6.07, 6.45) is 0. The third-order valence-electron chi connectivity index (χ3n) is 10.9. The van der Waals surface area contributed by atoms with Gasteiger partial charge in [-0.05, 0) is 102 Å². The van der Waals surface area contributed by atoms with Gasteiger partial charge in [-0.3, -0.25) is 0 Å². The van der Waals surface area contributed by atoms with Crippen molar-refractivity contribution in [2.75, 3.05) is 9.80 Å². The van der Waals surface area contributed by atoms with Gasteiger partial charge in [0.25, 0.3) is 0 Å². The Morgan fingerprint density at radius 3 is 1.57 bits per heavy atom. The van der Waals surface area contributed by atoms with Crippen molar-refractivity contribution in [3.8, 4) is 5.69 Å². The number of para-hydroxylation sites is 5. The first-order valence-corrected chi connectivity index (χ1v) is 19.0. The van der Waals surface area contributed by atoms with E-state index in [1.54, 1.807) is 0 Å². The number of aromatic nitrogens is 1. The van der Waals surface area contributed by atoms with Gasteiger partial charge in [-0.1, -0.05) is 115 Å². The summed E-state index contributed by atoms with van der Waals surface area (Å²) in [5.41, 5.74) is 11.4. The molecule has 0 saturated heterocycles. The average molecular weight is 718 g/mol. The second-order valence-corrected chi connectivity index (χ2v) is 14.2. The van der Waals surface area contributed by atoms with Crippen LogP contribution in [0.1, 0.15) is 0 Å². The van der Waals surface area contributed by atoms with E-state index >= 15 is 0 Å². The zero-order valence-electron chi connectivity index (χ0n) is 30.5. The first kappa shape index (κ1) is 31.9. The Labute approximate surface area is 324 Å². The summed E-state index contributed by atoms with van der Waals surface area (Å²) in [6.45, 7) is 0. The predicted molar refractivity (Wildman–Crippen MR) is 235 cm³/mol. The van der Waals surface area contributed by atoms with Crippen molar-refractivity contribution < 1.29 is 4.42 Å². The molecule has 264 valence electrons. The summed E-state index contributed by atoms with van der Waals surface area (Å²) in [5.74, 6) is 0. The molecule has 0 aliphatic heterocycles. The molecule has 0 unspecified atom stereocenters. The molecule has 0 spiro atoms. The van der Waals surface area contributed by atoms with E-state index in [0.717, 1.165) is 72.8 Å². The van der Waals surface area contributed by atoms with Crippen molar-refractivity contribution in [3.05, 3.63) is 212 Å². The Bertz CT molecular complexity index is 3150. The summed E-state index contributed by atoms with van der Waals surface area (Å²) < 4.78 is 9.05. The van der Waals surface area contributed by atoms with Crippen molar-refractivity contribution in [2.24, 2.45) is 0 Å². The molecule has 4 heteroatoms. The molecule has 0 radical (unpaired) electrons. The van der Waals surface area contributed by atoms with Crippen LogP contribution in [0.15, 0.2) is 217 Å². The largest absolute Gasteiger partial charge is 0.456 e. The number of hydrogen-bond acceptors (Lipinski definition) is 3. The predicted octanol–water partition coefficient (Wildman–Crippen LogP) is 14.8. The standard InChI is InChI=1S/C52H35N3O/c1-5-19-38(20-6-1)53(42-29-30-44-46-31-36-17-13-14-18-37(36)32-50(46)56-51(44)35-42)43-33-48(54(39-21-7-2-8-22-39)40-23-9-3-10-24-40)52-45-27-15-16-28-47(45)55(49(52)34-43)41-25-11-4-12-26-41/h1-35H. The molecular weight excluding hydrogens is 683 g/mol. The Morgan fingerprint density at radius 2 is 0.893 bits per heavy atom. The molecule has 0 bridgehead atoms. The van der Waals surface area contributed by atoms with E-state index < -0.39 is 0 Å². The maximum absolute atomic E-state index is 6.65. The van der Waals surface area contributed by atoms with Crippen molar-refractivity contribution in [3.63, 3.8) is 0 Å². The number of hydrogen-bond donors (Lipinski definition) is 0. The van der Waals surface area contributed by atoms with Gasteiger partial charge in [0.15, 0.2) is 0 Å². The maximum atomic E-state index is 6.65. The normalized spacial score (nSPS) is 11.6. The summed E-state index contributed by atoms with van der Waals surface area (Å²) in [7, 11) is 0. The molecule has 56 heavy (non-hydrogen) atoms. The molecule has 9 aromatic carbocycles. The molecule has 0 aliphatic rings. The van der Waals surface area contributed by atoms with Gasteiger partial charge in [0, 0.05) is 56.0 Å². The molecule has 0 saturated carbocycles. The van der Waals surface area contributed by atoms with E-state index in [1.807, 2.05) is 0 Å². The van der Waals surface area contributed by atoms with Crippen molar-refractivity contribution in [1.29, 1.82) is 0 Å². The van der Waals surface area contributed by atoms with E-state index in [-0.39, 0.29) is 0 Å². The van der Waals surface area contributed by atoms with E-state index in [9.17, 15) is 0 Å². The lowest BCUT2D eigenvalue weighted by atomic mass is 10.0. The Balaban J connectivity index is 1.23. The SMILES string of the molecule is c1ccc(N(c2ccc3c(c2)oc2cc4ccccc4cc23)c2cc(N(c3ccccc3)c3ccccc3)c3c4ccccc4n(-c4ccccc4)c3c2)cc1. The van der Waals surface area contributed by atoms with Gasteiger partial charge < -0.3 is 18.8 Å². The topological polar surface area (TPSA) is 24.6 Å². The minimum Gasteiger partial charge on any atom is -0.456 e. The van der Waals surface area contributed by atoms with Crippen LogP contribution in [0.4, 0.5) is 34.1 Å². The van der Waals surface area contributed by atoms with Gasteiger partial charge in [-0.25, -0.2) is 0 Å². The van der Waals surface area contributed by atoms with Crippen LogP contribution in [-0.4, -0.2) is 4.57 Å². The minimum absolute atomic E-state index is 0.851. The molecular formula is C52H35N3O. The molecule has 11 rings (SSSR count). The highest BCUT2D eigenvalue weighted by molar-refractivity contribution is 6.18. The van der Waals surface area contributed by atoms with Gasteiger partial charge in [-0.2, -0.15) is 0 Å². The van der Waals surface area contributed by atoms with Crippen LogP contribution in [0.2, 0.25) is 0 Å². The third kappa shape index (κ3) is 5.23. The highest BCUT2D eigenvalue weighted by atomic mass is 16.3. The highest BCUT2D eigenvalue weighted by Crippen LogP contribution is 2.48. The zero-order chi connectivity index (χ0) is 37.0. The number of rotatable bonds is 7. The van der Waals surface area contributed by atoms with Crippen molar-refractivity contribution >= 4 is 88.6 Å². The molecule has 0 atom stereocenters. The molecule has 0 fully saturated rings. The van der Waals surface area contributed by atoms with Crippen LogP contribution in [0.3, 0.4) is 0 Å². The van der Waals surface area contributed by atoms with Crippen LogP contribution in [-0.2, 0) is 0 Å². The zero-order valence-corrected chi connectivity index (χ0v) is 30.5. The molecule has 0 N–H and O–H groups in total. The molecule has 2 aromatic heterocycles. The molecule has 0 aliphatic carbocycles. The fraction of sp³-hybridized carbons (Fsp3) is 0. The average Bonchev–Trinajstić information content (AvgIpc) is 3.79. The number of furan rings is 1. The maximum Gasteiger partial charge on any atom is 0.137 e. The summed E-state index contributed by atoms with van der Waals surface area (Å²) in [4.78, 5) is 4.75. The highest BCUT2D eigenvalue weighted by Gasteiger charge is 2.25. The second kappa shape index (κ2) is 13.1. The van der Waals surface area contributed by atoms with Crippen LogP contribution >= 0.6 is 0 Å². The lowest BCUT2D eigenvalue weighted by Crippen LogP contribution is -2.14. The van der Waals surface area contributed by atoms with Gasteiger partial charge in [0.2, 0.25) is 0 Å². The third-order valence-corrected chi connectivity index (χ3v) is 10.9. The lowest BCUT2D eigenvalue weighted by molar-refractivity contribution is 0.669. The fourth-order valence-corrected chi connectivity index (χ4v) is 8.42. The number of anilines is 6. The quantitative estimate of drug-likeness (QED) is 0.164.